The van der Waals surface area contributed by atoms with Crippen molar-refractivity contribution in [1.29, 1.82) is 0 Å². The number of hydrogen-bond donors (Lipinski definition) is 1. The van der Waals surface area contributed by atoms with E-state index in [0.29, 0.717) is 35.8 Å². The fourth-order valence-corrected chi connectivity index (χ4v) is 5.36. The minimum atomic E-state index is -1.69. The highest BCUT2D eigenvalue weighted by Gasteiger charge is 2.40. The van der Waals surface area contributed by atoms with Gasteiger partial charge in [-0.25, -0.2) is 4.79 Å². The molecule has 1 N–H and O–H groups in total. The molecular weight excluding hydrogens is 532 g/mol. The van der Waals surface area contributed by atoms with Crippen LogP contribution in [0.1, 0.15) is 31.4 Å². The molecule has 8 nitrogen and oxygen atoms in total. The van der Waals surface area contributed by atoms with Gasteiger partial charge in [-0.3, -0.25) is 14.5 Å². The molecule has 0 bridgehead atoms. The van der Waals surface area contributed by atoms with Crippen molar-refractivity contribution in [3.8, 4) is 11.5 Å². The first kappa shape index (κ1) is 28.4. The first-order valence-electron chi connectivity index (χ1n) is 13.7. The summed E-state index contributed by atoms with van der Waals surface area (Å²) in [6, 6.07) is 32.5. The summed E-state index contributed by atoms with van der Waals surface area (Å²) in [6.07, 6.45) is -1.05. The van der Waals surface area contributed by atoms with Crippen LogP contribution in [-0.2, 0) is 19.8 Å². The van der Waals surface area contributed by atoms with Gasteiger partial charge in [0.1, 0.15) is 11.5 Å². The summed E-state index contributed by atoms with van der Waals surface area (Å²) >= 11 is 0. The van der Waals surface area contributed by atoms with Crippen molar-refractivity contribution in [1.82, 2.24) is 0 Å². The highest BCUT2D eigenvalue weighted by atomic mass is 16.5. The molecular formula is C34H32N2O6. The Morgan fingerprint density at radius 2 is 1.48 bits per heavy atom. The number of para-hydroxylation sites is 2. The second-order valence-corrected chi connectivity index (χ2v) is 10.3. The minimum absolute atomic E-state index is 0.0980. The monoisotopic (exact) mass is 564 g/mol. The number of rotatable bonds is 9. The molecule has 2 unspecified atom stereocenters. The number of carboxylic acid groups (broad SMARTS) is 1. The molecule has 5 rings (SSSR count). The lowest BCUT2D eigenvalue weighted by atomic mass is 9.70. The number of fused-ring (bicyclic) bond motifs is 1. The molecule has 1 aliphatic heterocycles. The molecule has 214 valence electrons. The van der Waals surface area contributed by atoms with Crippen molar-refractivity contribution in [3.63, 3.8) is 0 Å². The molecule has 0 aromatic heterocycles. The van der Waals surface area contributed by atoms with Crippen molar-refractivity contribution in [2.75, 3.05) is 23.0 Å². The summed E-state index contributed by atoms with van der Waals surface area (Å²) in [4.78, 5) is 41.9. The molecule has 4 aromatic carbocycles. The van der Waals surface area contributed by atoms with Crippen LogP contribution < -0.4 is 19.3 Å². The quantitative estimate of drug-likeness (QED) is 0.264. The zero-order chi connectivity index (χ0) is 29.7. The molecule has 0 spiro atoms. The zero-order valence-electron chi connectivity index (χ0n) is 23.5. The summed E-state index contributed by atoms with van der Waals surface area (Å²) in [6.45, 7) is 3.73. The molecule has 0 saturated heterocycles. The number of carboxylic acids is 1. The van der Waals surface area contributed by atoms with Gasteiger partial charge in [0, 0.05) is 30.3 Å². The lowest BCUT2D eigenvalue weighted by Crippen LogP contribution is -2.51. The number of benzene rings is 4. The Labute approximate surface area is 244 Å². The maximum Gasteiger partial charge on any atom is 0.367 e. The number of aliphatic carboxylic acids is 1. The molecule has 2 amide bonds. The molecule has 4 aromatic rings. The fourth-order valence-electron chi connectivity index (χ4n) is 5.36. The van der Waals surface area contributed by atoms with Gasteiger partial charge in [-0.2, -0.15) is 0 Å². The summed E-state index contributed by atoms with van der Waals surface area (Å²) in [5.74, 6) is -1.29. The topological polar surface area (TPSA) is 96.4 Å². The molecule has 1 heterocycles. The number of carbonyl (C=O) groups excluding carboxylic acids is 2. The number of carbonyl (C=O) groups is 3. The minimum Gasteiger partial charge on any atom is -0.484 e. The van der Waals surface area contributed by atoms with E-state index in [1.807, 2.05) is 36.4 Å². The standard InChI is InChI=1S/C34H32N2O6/c1-24(37)35-21-20-34(2,25-12-6-3-7-13-25)29-22-26(18-19-30(29)35)36(31(38)23-41-27-14-8-4-9-15-27)32(33(39)40)42-28-16-10-5-11-17-28/h3-19,22,32H,20-21,23H2,1-2H3,(H,39,40). The maximum atomic E-state index is 13.8. The second-order valence-electron chi connectivity index (χ2n) is 10.3. The van der Waals surface area contributed by atoms with Gasteiger partial charge in [0.15, 0.2) is 6.61 Å². The van der Waals surface area contributed by atoms with Crippen LogP contribution in [0.5, 0.6) is 11.5 Å². The SMILES string of the molecule is CC(=O)N1CCC(C)(c2ccccc2)c2cc(N(C(=O)COc3ccccc3)C(Oc3ccccc3)C(=O)O)ccc21. The molecule has 8 heteroatoms. The highest BCUT2D eigenvalue weighted by Crippen LogP contribution is 2.46. The lowest BCUT2D eigenvalue weighted by Gasteiger charge is -2.42. The number of anilines is 2. The summed E-state index contributed by atoms with van der Waals surface area (Å²) in [7, 11) is 0. The van der Waals surface area contributed by atoms with E-state index in [1.54, 1.807) is 77.7 Å². The first-order valence-corrected chi connectivity index (χ1v) is 13.7. The van der Waals surface area contributed by atoms with Gasteiger partial charge in [0.05, 0.1) is 0 Å². The van der Waals surface area contributed by atoms with Gasteiger partial charge in [-0.05, 0) is 60.0 Å². The summed E-state index contributed by atoms with van der Waals surface area (Å²) in [5.41, 5.74) is 2.37. The van der Waals surface area contributed by atoms with E-state index in [2.05, 4.69) is 6.92 Å². The van der Waals surface area contributed by atoms with Crippen LogP contribution in [0.25, 0.3) is 0 Å². The second kappa shape index (κ2) is 12.2. The van der Waals surface area contributed by atoms with E-state index in [4.69, 9.17) is 9.47 Å². The van der Waals surface area contributed by atoms with Gasteiger partial charge < -0.3 is 19.5 Å². The summed E-state index contributed by atoms with van der Waals surface area (Å²) < 4.78 is 11.6. The average Bonchev–Trinajstić information content (AvgIpc) is 3.01. The Kier molecular flexibility index (Phi) is 8.24. The van der Waals surface area contributed by atoms with Gasteiger partial charge in [-0.15, -0.1) is 0 Å². The molecule has 0 fully saturated rings. The summed E-state index contributed by atoms with van der Waals surface area (Å²) in [5, 5.41) is 10.3. The molecule has 42 heavy (non-hydrogen) atoms. The van der Waals surface area contributed by atoms with Crippen molar-refractivity contribution >= 4 is 29.2 Å². The predicted molar refractivity (Wildman–Crippen MR) is 160 cm³/mol. The van der Waals surface area contributed by atoms with Crippen molar-refractivity contribution < 1.29 is 29.0 Å². The third kappa shape index (κ3) is 5.83. The van der Waals surface area contributed by atoms with Crippen LogP contribution in [-0.4, -0.2) is 42.3 Å². The molecule has 0 radical (unpaired) electrons. The van der Waals surface area contributed by atoms with Crippen molar-refractivity contribution in [2.45, 2.75) is 31.9 Å². The van der Waals surface area contributed by atoms with E-state index < -0.39 is 30.1 Å². The highest BCUT2D eigenvalue weighted by molar-refractivity contribution is 6.00. The molecule has 2 atom stereocenters. The van der Waals surface area contributed by atoms with Crippen LogP contribution in [0.3, 0.4) is 0 Å². The average molecular weight is 565 g/mol. The van der Waals surface area contributed by atoms with Crippen LogP contribution in [0.15, 0.2) is 109 Å². The molecule has 1 aliphatic rings. The number of hydrogen-bond acceptors (Lipinski definition) is 5. The zero-order valence-corrected chi connectivity index (χ0v) is 23.5. The molecule has 0 saturated carbocycles. The van der Waals surface area contributed by atoms with Crippen LogP contribution in [0.2, 0.25) is 0 Å². The largest absolute Gasteiger partial charge is 0.484 e. The Morgan fingerprint density at radius 3 is 2.07 bits per heavy atom. The van der Waals surface area contributed by atoms with Gasteiger partial charge >= 0.3 is 5.97 Å². The Balaban J connectivity index is 1.61. The normalized spacial score (nSPS) is 16.6. The van der Waals surface area contributed by atoms with Gasteiger partial charge in [-0.1, -0.05) is 73.7 Å². The van der Waals surface area contributed by atoms with E-state index in [9.17, 15) is 19.5 Å². The van der Waals surface area contributed by atoms with E-state index in [0.717, 1.165) is 16.0 Å². The Morgan fingerprint density at radius 1 is 0.881 bits per heavy atom. The third-order valence-electron chi connectivity index (χ3n) is 7.58. The fraction of sp³-hybridized carbons (Fsp3) is 0.206. The Bertz CT molecular complexity index is 1560. The predicted octanol–water partition coefficient (Wildman–Crippen LogP) is 5.65. The number of amides is 2. The van der Waals surface area contributed by atoms with E-state index in [-0.39, 0.29) is 5.91 Å². The van der Waals surface area contributed by atoms with Crippen LogP contribution >= 0.6 is 0 Å². The first-order chi connectivity index (χ1) is 20.3. The van der Waals surface area contributed by atoms with Crippen LogP contribution in [0, 0.1) is 0 Å². The third-order valence-corrected chi connectivity index (χ3v) is 7.58. The van der Waals surface area contributed by atoms with Gasteiger partial charge in [0.2, 0.25) is 5.91 Å². The number of ether oxygens (including phenoxy) is 2. The van der Waals surface area contributed by atoms with E-state index >= 15 is 0 Å². The van der Waals surface area contributed by atoms with E-state index in [1.165, 1.54) is 6.92 Å². The maximum absolute atomic E-state index is 13.8. The lowest BCUT2D eigenvalue weighted by molar-refractivity contribution is -0.147. The number of nitrogens with zero attached hydrogens (tertiary/aromatic N) is 2. The van der Waals surface area contributed by atoms with Crippen molar-refractivity contribution in [3.05, 3.63) is 120 Å². The smallest absolute Gasteiger partial charge is 0.367 e. The van der Waals surface area contributed by atoms with Gasteiger partial charge in [0.25, 0.3) is 12.1 Å². The van der Waals surface area contributed by atoms with Crippen molar-refractivity contribution in [2.24, 2.45) is 0 Å². The molecule has 0 aliphatic carbocycles. The van der Waals surface area contributed by atoms with Crippen LogP contribution in [0.4, 0.5) is 11.4 Å². The Hall–Kier alpha value is -5.11.